The minimum Gasteiger partial charge on any atom is -0.457 e. The van der Waals surface area contributed by atoms with E-state index in [1.165, 1.54) is 12.1 Å². The summed E-state index contributed by atoms with van der Waals surface area (Å²) >= 11 is 11.4. The second kappa shape index (κ2) is 5.85. The molecule has 1 aromatic carbocycles. The number of pyridine rings is 1. The van der Waals surface area contributed by atoms with E-state index in [1.807, 2.05) is 30.3 Å². The highest BCUT2D eigenvalue weighted by Gasteiger charge is 2.10. The normalized spacial score (nSPS) is 10.1. The average molecular weight is 282 g/mol. The van der Waals surface area contributed by atoms with Crippen molar-refractivity contribution in [2.45, 2.75) is 6.61 Å². The van der Waals surface area contributed by atoms with Crippen LogP contribution in [0.4, 0.5) is 0 Å². The minimum absolute atomic E-state index is 0.161. The smallest absolute Gasteiger partial charge is 0.338 e. The molecule has 0 N–H and O–H groups in total. The second-order valence-corrected chi connectivity index (χ2v) is 4.34. The van der Waals surface area contributed by atoms with Crippen molar-refractivity contribution in [3.63, 3.8) is 0 Å². The molecule has 0 aliphatic heterocycles. The van der Waals surface area contributed by atoms with Gasteiger partial charge in [0.2, 0.25) is 0 Å². The van der Waals surface area contributed by atoms with E-state index in [-0.39, 0.29) is 22.5 Å². The summed E-state index contributed by atoms with van der Waals surface area (Å²) in [4.78, 5) is 15.5. The van der Waals surface area contributed by atoms with Crippen LogP contribution in [0, 0.1) is 0 Å². The number of nitrogens with zero attached hydrogens (tertiary/aromatic N) is 1. The van der Waals surface area contributed by atoms with Gasteiger partial charge < -0.3 is 4.74 Å². The third-order valence-electron chi connectivity index (χ3n) is 2.21. The first-order valence-corrected chi connectivity index (χ1v) is 5.95. The van der Waals surface area contributed by atoms with Gasteiger partial charge in [0.25, 0.3) is 0 Å². The third-order valence-corrected chi connectivity index (χ3v) is 2.60. The maximum absolute atomic E-state index is 11.8. The number of halogens is 2. The summed E-state index contributed by atoms with van der Waals surface area (Å²) in [5, 5.41) is 0.323. The second-order valence-electron chi connectivity index (χ2n) is 3.56. The van der Waals surface area contributed by atoms with Crippen LogP contribution in [0.15, 0.2) is 42.5 Å². The van der Waals surface area contributed by atoms with Gasteiger partial charge in [-0.2, -0.15) is 0 Å². The van der Waals surface area contributed by atoms with Gasteiger partial charge in [-0.1, -0.05) is 53.5 Å². The van der Waals surface area contributed by atoms with Gasteiger partial charge in [0.05, 0.1) is 5.56 Å². The lowest BCUT2D eigenvalue weighted by Gasteiger charge is -2.05. The Hall–Kier alpha value is -1.58. The highest BCUT2D eigenvalue weighted by molar-refractivity contribution is 6.32. The van der Waals surface area contributed by atoms with E-state index in [9.17, 15) is 4.79 Å². The van der Waals surface area contributed by atoms with Crippen LogP contribution in [0.3, 0.4) is 0 Å². The van der Waals surface area contributed by atoms with Crippen molar-refractivity contribution in [3.8, 4) is 0 Å². The van der Waals surface area contributed by atoms with Gasteiger partial charge in [0, 0.05) is 0 Å². The van der Waals surface area contributed by atoms with E-state index in [4.69, 9.17) is 27.9 Å². The van der Waals surface area contributed by atoms with Crippen LogP contribution in [0.5, 0.6) is 0 Å². The van der Waals surface area contributed by atoms with Crippen LogP contribution in [0.25, 0.3) is 0 Å². The van der Waals surface area contributed by atoms with Gasteiger partial charge in [-0.05, 0) is 17.7 Å². The molecule has 1 aromatic heterocycles. The molecule has 0 atom stereocenters. The SMILES string of the molecule is O=C(OCc1ccccc1)c1cc(Cl)nc(Cl)c1. The van der Waals surface area contributed by atoms with Crippen molar-refractivity contribution in [2.75, 3.05) is 0 Å². The maximum atomic E-state index is 11.8. The van der Waals surface area contributed by atoms with Gasteiger partial charge >= 0.3 is 5.97 Å². The monoisotopic (exact) mass is 281 g/mol. The fourth-order valence-electron chi connectivity index (χ4n) is 1.39. The molecule has 18 heavy (non-hydrogen) atoms. The van der Waals surface area contributed by atoms with Gasteiger partial charge in [-0.3, -0.25) is 0 Å². The lowest BCUT2D eigenvalue weighted by Crippen LogP contribution is -2.05. The summed E-state index contributed by atoms with van der Waals surface area (Å²) in [6, 6.07) is 12.2. The van der Waals surface area contributed by atoms with Crippen molar-refractivity contribution in [1.29, 1.82) is 0 Å². The molecule has 0 amide bonds. The fraction of sp³-hybridized carbons (Fsp3) is 0.0769. The Kier molecular flexibility index (Phi) is 4.18. The van der Waals surface area contributed by atoms with E-state index in [1.54, 1.807) is 0 Å². The molecule has 5 heteroatoms. The predicted octanol–water partition coefficient (Wildman–Crippen LogP) is 3.75. The molecule has 0 bridgehead atoms. The van der Waals surface area contributed by atoms with E-state index in [0.29, 0.717) is 0 Å². The molecule has 2 rings (SSSR count). The standard InChI is InChI=1S/C13H9Cl2NO2/c14-11-6-10(7-12(15)16-11)13(17)18-8-9-4-2-1-3-5-9/h1-7H,8H2. The van der Waals surface area contributed by atoms with Gasteiger partial charge in [-0.15, -0.1) is 0 Å². The number of esters is 1. The van der Waals surface area contributed by atoms with E-state index in [0.717, 1.165) is 5.56 Å². The first kappa shape index (κ1) is 12.9. The third kappa shape index (κ3) is 3.45. The average Bonchev–Trinajstić information content (AvgIpc) is 2.36. The van der Waals surface area contributed by atoms with Crippen LogP contribution < -0.4 is 0 Å². The Labute approximate surface area is 114 Å². The van der Waals surface area contributed by atoms with Crippen molar-refractivity contribution in [1.82, 2.24) is 4.98 Å². The Bertz CT molecular complexity index is 538. The minimum atomic E-state index is -0.481. The zero-order valence-corrected chi connectivity index (χ0v) is 10.8. The van der Waals surface area contributed by atoms with E-state index in [2.05, 4.69) is 4.98 Å². The summed E-state index contributed by atoms with van der Waals surface area (Å²) in [6.07, 6.45) is 0. The highest BCUT2D eigenvalue weighted by atomic mass is 35.5. The molecular weight excluding hydrogens is 273 g/mol. The summed E-state index contributed by atoms with van der Waals surface area (Å²) in [7, 11) is 0. The topological polar surface area (TPSA) is 39.2 Å². The lowest BCUT2D eigenvalue weighted by molar-refractivity contribution is 0.0472. The first-order valence-electron chi connectivity index (χ1n) is 5.19. The number of carbonyl (C=O) groups is 1. The Morgan fingerprint density at radius 3 is 2.33 bits per heavy atom. The highest BCUT2D eigenvalue weighted by Crippen LogP contribution is 2.16. The molecule has 0 radical (unpaired) electrons. The Morgan fingerprint density at radius 2 is 1.72 bits per heavy atom. The summed E-state index contributed by atoms with van der Waals surface area (Å²) in [5.41, 5.74) is 1.20. The summed E-state index contributed by atoms with van der Waals surface area (Å²) in [5.74, 6) is -0.481. The molecule has 1 heterocycles. The van der Waals surface area contributed by atoms with Crippen LogP contribution >= 0.6 is 23.2 Å². The van der Waals surface area contributed by atoms with Crippen molar-refractivity contribution >= 4 is 29.2 Å². The summed E-state index contributed by atoms with van der Waals surface area (Å²) < 4.78 is 5.14. The van der Waals surface area contributed by atoms with Crippen molar-refractivity contribution < 1.29 is 9.53 Å². The van der Waals surface area contributed by atoms with Gasteiger partial charge in [0.1, 0.15) is 16.9 Å². The quantitative estimate of drug-likeness (QED) is 0.635. The molecule has 0 unspecified atom stereocenters. The number of carbonyl (C=O) groups excluding carboxylic acids is 1. The maximum Gasteiger partial charge on any atom is 0.338 e. The lowest BCUT2D eigenvalue weighted by atomic mass is 10.2. The number of aromatic nitrogens is 1. The molecule has 3 nitrogen and oxygen atoms in total. The van der Waals surface area contributed by atoms with Crippen LogP contribution in [0.1, 0.15) is 15.9 Å². The van der Waals surface area contributed by atoms with E-state index >= 15 is 0 Å². The molecule has 0 saturated carbocycles. The van der Waals surface area contributed by atoms with Crippen LogP contribution in [-0.4, -0.2) is 11.0 Å². The number of rotatable bonds is 3. The van der Waals surface area contributed by atoms with Crippen molar-refractivity contribution in [3.05, 3.63) is 63.9 Å². The predicted molar refractivity (Wildman–Crippen MR) is 69.8 cm³/mol. The fourth-order valence-corrected chi connectivity index (χ4v) is 1.85. The largest absolute Gasteiger partial charge is 0.457 e. The van der Waals surface area contributed by atoms with E-state index < -0.39 is 5.97 Å². The molecule has 0 aliphatic carbocycles. The van der Waals surface area contributed by atoms with Gasteiger partial charge in [-0.25, -0.2) is 9.78 Å². The molecule has 0 spiro atoms. The zero-order chi connectivity index (χ0) is 13.0. The Balaban J connectivity index is 2.04. The van der Waals surface area contributed by atoms with Gasteiger partial charge in [0.15, 0.2) is 0 Å². The number of hydrogen-bond donors (Lipinski definition) is 0. The number of hydrogen-bond acceptors (Lipinski definition) is 3. The molecule has 92 valence electrons. The first-order chi connectivity index (χ1) is 8.65. The molecule has 0 fully saturated rings. The molecule has 0 aliphatic rings. The van der Waals surface area contributed by atoms with Crippen LogP contribution in [0.2, 0.25) is 10.3 Å². The molecule has 2 aromatic rings. The Morgan fingerprint density at radius 1 is 1.11 bits per heavy atom. The van der Waals surface area contributed by atoms with Crippen molar-refractivity contribution in [2.24, 2.45) is 0 Å². The molecular formula is C13H9Cl2NO2. The molecule has 0 saturated heterocycles. The van der Waals surface area contributed by atoms with Crippen LogP contribution in [-0.2, 0) is 11.3 Å². The number of benzene rings is 1. The zero-order valence-electron chi connectivity index (χ0n) is 9.27. The summed E-state index contributed by atoms with van der Waals surface area (Å²) in [6.45, 7) is 0.206. The number of ether oxygens (including phenoxy) is 1.